The summed E-state index contributed by atoms with van der Waals surface area (Å²) in [5, 5.41) is 0.906. The van der Waals surface area contributed by atoms with Gasteiger partial charge in [-0.25, -0.2) is 8.78 Å². The lowest BCUT2D eigenvalue weighted by atomic mass is 9.99. The Kier molecular flexibility index (Phi) is 5.17. The highest BCUT2D eigenvalue weighted by molar-refractivity contribution is 7.85. The predicted molar refractivity (Wildman–Crippen MR) is 92.0 cm³/mol. The Morgan fingerprint density at radius 1 is 0.727 bits per heavy atom. The molecule has 2 saturated carbocycles. The smallest absolute Gasteiger partial charge is 0.129 e. The molecule has 0 spiro atoms. The Labute approximate surface area is 134 Å². The van der Waals surface area contributed by atoms with Crippen LogP contribution < -0.4 is 5.30 Å². The molecule has 1 aromatic carbocycles. The van der Waals surface area contributed by atoms with Crippen molar-refractivity contribution in [1.82, 2.24) is 0 Å². The quantitative estimate of drug-likeness (QED) is 0.468. The standard InChI is InChI=1S/C19H27F2P/c1-22(17-8-4-2-5-9-17,18-10-6-3-7-11-18)19-13-15(20)12-16(21)14-19/h12-14,17-18H,1-11H2. The molecular weight excluding hydrogens is 297 g/mol. The third-order valence-electron chi connectivity index (χ3n) is 5.78. The molecular formula is C19H27F2P. The summed E-state index contributed by atoms with van der Waals surface area (Å²) in [5.41, 5.74) is 1.15. The van der Waals surface area contributed by atoms with E-state index in [0.717, 1.165) is 11.4 Å². The molecule has 0 heterocycles. The van der Waals surface area contributed by atoms with Gasteiger partial charge in [0.05, 0.1) is 5.30 Å². The molecule has 0 bridgehead atoms. The molecule has 22 heavy (non-hydrogen) atoms. The second kappa shape index (κ2) is 6.95. The maximum Gasteiger partial charge on any atom is 0.129 e. The highest BCUT2D eigenvalue weighted by atomic mass is 31.2. The van der Waals surface area contributed by atoms with Gasteiger partial charge in [0, 0.05) is 29.5 Å². The molecule has 0 nitrogen and oxygen atoms in total. The van der Waals surface area contributed by atoms with Crippen molar-refractivity contribution in [2.45, 2.75) is 75.5 Å². The fraction of sp³-hybridized carbons (Fsp3) is 0.632. The number of hydrogen-bond acceptors (Lipinski definition) is 0. The van der Waals surface area contributed by atoms with Gasteiger partial charge in [-0.05, 0) is 51.4 Å². The van der Waals surface area contributed by atoms with E-state index in [-0.39, 0.29) is 0 Å². The monoisotopic (exact) mass is 324 g/mol. The van der Waals surface area contributed by atoms with Crippen molar-refractivity contribution >= 4 is 12.6 Å². The first-order valence-electron chi connectivity index (χ1n) is 8.80. The van der Waals surface area contributed by atoms with E-state index in [1.807, 2.05) is 0 Å². The largest absolute Gasteiger partial charge is 0.207 e. The highest BCUT2D eigenvalue weighted by Gasteiger charge is 2.44. The van der Waals surface area contributed by atoms with Crippen molar-refractivity contribution in [3.63, 3.8) is 0 Å². The van der Waals surface area contributed by atoms with E-state index in [1.54, 1.807) is 12.1 Å². The lowest BCUT2D eigenvalue weighted by Gasteiger charge is -2.46. The van der Waals surface area contributed by atoms with Gasteiger partial charge in [0.1, 0.15) is 11.6 Å². The highest BCUT2D eigenvalue weighted by Crippen LogP contribution is 2.70. The number of halogens is 2. The Morgan fingerprint density at radius 2 is 1.14 bits per heavy atom. The zero-order chi connectivity index (χ0) is 15.6. The van der Waals surface area contributed by atoms with E-state index in [1.165, 1.54) is 64.2 Å². The summed E-state index contributed by atoms with van der Waals surface area (Å²) < 4.78 is 27.7. The first kappa shape index (κ1) is 16.4. The number of benzene rings is 1. The average Bonchev–Trinajstić information content (AvgIpc) is 2.55. The Morgan fingerprint density at radius 3 is 1.55 bits per heavy atom. The lowest BCUT2D eigenvalue weighted by Crippen LogP contribution is -2.33. The van der Waals surface area contributed by atoms with Gasteiger partial charge in [-0.3, -0.25) is 0 Å². The minimum atomic E-state index is -1.76. The van der Waals surface area contributed by atoms with Gasteiger partial charge in [0.15, 0.2) is 0 Å². The van der Waals surface area contributed by atoms with Crippen LogP contribution in [0, 0.1) is 18.3 Å². The fourth-order valence-corrected chi connectivity index (χ4v) is 9.32. The van der Waals surface area contributed by atoms with Gasteiger partial charge in [0.2, 0.25) is 0 Å². The molecule has 3 rings (SSSR count). The summed E-state index contributed by atoms with van der Waals surface area (Å²) in [5.74, 6) is -0.871. The molecule has 122 valence electrons. The Balaban J connectivity index is 2.00. The van der Waals surface area contributed by atoms with Gasteiger partial charge in [-0.1, -0.05) is 20.1 Å². The second-order valence-electron chi connectivity index (χ2n) is 7.14. The van der Waals surface area contributed by atoms with Crippen LogP contribution in [0.3, 0.4) is 0 Å². The van der Waals surface area contributed by atoms with Crippen LogP contribution in [0.15, 0.2) is 18.2 Å². The van der Waals surface area contributed by atoms with Crippen molar-refractivity contribution < 1.29 is 8.78 Å². The van der Waals surface area contributed by atoms with Gasteiger partial charge in [-0.15, -0.1) is 0 Å². The summed E-state index contributed by atoms with van der Waals surface area (Å²) in [7, 11) is -1.76. The van der Waals surface area contributed by atoms with Crippen LogP contribution in [-0.4, -0.2) is 11.3 Å². The number of rotatable bonds is 3. The van der Waals surface area contributed by atoms with E-state index in [0.29, 0.717) is 11.3 Å². The van der Waals surface area contributed by atoms with E-state index in [2.05, 4.69) is 0 Å². The van der Waals surface area contributed by atoms with Crippen LogP contribution in [0.2, 0.25) is 0 Å². The van der Waals surface area contributed by atoms with Gasteiger partial charge < -0.3 is 0 Å². The molecule has 0 unspecified atom stereocenters. The predicted octanol–water partition coefficient (Wildman–Crippen LogP) is 6.06. The van der Waals surface area contributed by atoms with Crippen molar-refractivity contribution in [2.24, 2.45) is 0 Å². The summed E-state index contributed by atoms with van der Waals surface area (Å²) in [6, 6.07) is 4.18. The molecule has 0 N–H and O–H groups in total. The van der Waals surface area contributed by atoms with Crippen LogP contribution in [0.5, 0.6) is 0 Å². The maximum atomic E-state index is 13.8. The third kappa shape index (κ3) is 3.23. The topological polar surface area (TPSA) is 0 Å². The molecule has 2 aliphatic rings. The van der Waals surface area contributed by atoms with Gasteiger partial charge >= 0.3 is 0 Å². The molecule has 0 aromatic heterocycles. The molecule has 0 aliphatic heterocycles. The van der Waals surface area contributed by atoms with Crippen LogP contribution in [0.25, 0.3) is 0 Å². The Bertz CT molecular complexity index is 464. The lowest BCUT2D eigenvalue weighted by molar-refractivity contribution is 0.483. The normalized spacial score (nSPS) is 22.0. The minimum absolute atomic E-state index is 0.436. The van der Waals surface area contributed by atoms with Gasteiger partial charge in [0.25, 0.3) is 0 Å². The zero-order valence-electron chi connectivity index (χ0n) is 13.4. The summed E-state index contributed by atoms with van der Waals surface area (Å²) in [6.45, 7) is 4.75. The SMILES string of the molecule is [CH2-][P+](c1cc(F)cc(F)c1)(C1CCCCC1)C1CCCCC1. The molecule has 0 atom stereocenters. The van der Waals surface area contributed by atoms with Crippen molar-refractivity contribution in [3.05, 3.63) is 36.5 Å². The molecule has 3 heteroatoms. The average molecular weight is 324 g/mol. The van der Waals surface area contributed by atoms with Crippen LogP contribution in [0.1, 0.15) is 64.2 Å². The fourth-order valence-electron chi connectivity index (χ4n) is 4.58. The zero-order valence-corrected chi connectivity index (χ0v) is 14.3. The molecule has 0 saturated heterocycles. The van der Waals surface area contributed by atoms with E-state index >= 15 is 0 Å². The van der Waals surface area contributed by atoms with E-state index in [9.17, 15) is 8.78 Å². The summed E-state index contributed by atoms with van der Waals surface area (Å²) in [6.07, 6.45) is 12.4. The van der Waals surface area contributed by atoms with E-state index in [4.69, 9.17) is 6.66 Å². The molecule has 0 amide bonds. The minimum Gasteiger partial charge on any atom is -0.207 e. The summed E-state index contributed by atoms with van der Waals surface area (Å²) in [4.78, 5) is 0. The van der Waals surface area contributed by atoms with E-state index < -0.39 is 18.9 Å². The van der Waals surface area contributed by atoms with Crippen LogP contribution >= 0.6 is 7.26 Å². The van der Waals surface area contributed by atoms with Crippen molar-refractivity contribution in [2.75, 3.05) is 0 Å². The van der Waals surface area contributed by atoms with Crippen LogP contribution in [0.4, 0.5) is 8.78 Å². The number of hydrogen-bond donors (Lipinski definition) is 0. The molecule has 1 aromatic rings. The first-order valence-corrected chi connectivity index (χ1v) is 10.9. The van der Waals surface area contributed by atoms with Crippen LogP contribution in [-0.2, 0) is 0 Å². The summed E-state index contributed by atoms with van der Waals surface area (Å²) >= 11 is 0. The molecule has 2 fully saturated rings. The molecule has 0 radical (unpaired) electrons. The van der Waals surface area contributed by atoms with Crippen molar-refractivity contribution in [1.29, 1.82) is 0 Å². The van der Waals surface area contributed by atoms with Crippen molar-refractivity contribution in [3.8, 4) is 0 Å². The second-order valence-corrected chi connectivity index (χ2v) is 11.0. The Hall–Kier alpha value is -0.490. The molecule has 2 aliphatic carbocycles. The van der Waals surface area contributed by atoms with Gasteiger partial charge in [-0.2, -0.15) is 6.66 Å². The first-order chi connectivity index (χ1) is 10.6. The maximum absolute atomic E-state index is 13.8. The third-order valence-corrected chi connectivity index (χ3v) is 10.6.